The molecule has 0 heterocycles. The predicted molar refractivity (Wildman–Crippen MR) is 113 cm³/mol. The lowest BCUT2D eigenvalue weighted by Crippen LogP contribution is -2.59. The Labute approximate surface area is 181 Å². The van der Waals surface area contributed by atoms with Gasteiger partial charge < -0.3 is 32.5 Å². The highest BCUT2D eigenvalue weighted by atomic mass is 32.1. The van der Waals surface area contributed by atoms with Crippen molar-refractivity contribution in [3.05, 3.63) is 0 Å². The Bertz CT molecular complexity index is 643. The number of carboxylic acid groups (broad SMARTS) is 1. The molecule has 0 saturated carbocycles. The molecule has 0 rings (SSSR count). The highest BCUT2D eigenvalue weighted by Crippen LogP contribution is 2.09. The lowest BCUT2D eigenvalue weighted by Gasteiger charge is -2.27. The molecule has 4 atom stereocenters. The van der Waals surface area contributed by atoms with Gasteiger partial charge in [-0.05, 0) is 18.3 Å². The third-order valence-electron chi connectivity index (χ3n) is 4.14. The summed E-state index contributed by atoms with van der Waals surface area (Å²) in [5.41, 5.74) is 10.7. The van der Waals surface area contributed by atoms with Crippen molar-refractivity contribution in [3.63, 3.8) is 0 Å². The molecular formula is C18H33N5O6S. The third kappa shape index (κ3) is 9.92. The summed E-state index contributed by atoms with van der Waals surface area (Å²) in [7, 11) is 0. The molecule has 0 bridgehead atoms. The van der Waals surface area contributed by atoms with Crippen LogP contribution in [0.1, 0.15) is 40.5 Å². The number of thiol groups is 1. The summed E-state index contributed by atoms with van der Waals surface area (Å²) in [5.74, 6) is -4.51. The minimum absolute atomic E-state index is 0.0142. The molecule has 0 radical (unpaired) electrons. The Morgan fingerprint density at radius 3 is 1.83 bits per heavy atom. The standard InChI is InChI=1S/C18H33N5O6S/c1-8(2)5-11(21-15(25)10(19)6-13(20)24)16(26)23-14(9(3)4)17(27)22-12(7-30)18(28)29/h8-12,14,30H,5-7,19H2,1-4H3,(H2,20,24)(H,21,25)(H,22,27)(H,23,26)(H,28,29). The first-order chi connectivity index (χ1) is 13.8. The number of primary amides is 1. The summed E-state index contributed by atoms with van der Waals surface area (Å²) in [5, 5.41) is 16.5. The van der Waals surface area contributed by atoms with Crippen molar-refractivity contribution in [2.45, 2.75) is 64.7 Å². The fourth-order valence-electron chi connectivity index (χ4n) is 2.53. The summed E-state index contributed by atoms with van der Waals surface area (Å²) < 4.78 is 0. The second kappa shape index (κ2) is 13.1. The van der Waals surface area contributed by atoms with E-state index in [4.69, 9.17) is 16.6 Å². The van der Waals surface area contributed by atoms with Crippen molar-refractivity contribution >= 4 is 42.2 Å². The van der Waals surface area contributed by atoms with Crippen LogP contribution in [0.25, 0.3) is 0 Å². The Morgan fingerprint density at radius 2 is 1.43 bits per heavy atom. The zero-order valence-corrected chi connectivity index (χ0v) is 18.6. The van der Waals surface area contributed by atoms with E-state index >= 15 is 0 Å². The van der Waals surface area contributed by atoms with Gasteiger partial charge in [0.1, 0.15) is 18.1 Å². The van der Waals surface area contributed by atoms with Crippen LogP contribution in [0, 0.1) is 11.8 Å². The Balaban J connectivity index is 5.35. The van der Waals surface area contributed by atoms with Crippen LogP contribution in [0.4, 0.5) is 0 Å². The van der Waals surface area contributed by atoms with Crippen molar-refractivity contribution in [3.8, 4) is 0 Å². The molecule has 0 aromatic carbocycles. The van der Waals surface area contributed by atoms with Gasteiger partial charge in [0.15, 0.2) is 0 Å². The summed E-state index contributed by atoms with van der Waals surface area (Å²) >= 11 is 3.90. The largest absolute Gasteiger partial charge is 0.480 e. The lowest BCUT2D eigenvalue weighted by atomic mass is 9.99. The summed E-state index contributed by atoms with van der Waals surface area (Å²) in [4.78, 5) is 59.6. The quantitative estimate of drug-likeness (QED) is 0.164. The van der Waals surface area contributed by atoms with Gasteiger partial charge in [-0.1, -0.05) is 27.7 Å². The second-order valence-corrected chi connectivity index (χ2v) is 8.15. The molecule has 0 aliphatic rings. The molecule has 0 aromatic heterocycles. The van der Waals surface area contributed by atoms with Crippen LogP contribution in [-0.2, 0) is 24.0 Å². The van der Waals surface area contributed by atoms with Gasteiger partial charge in [-0.3, -0.25) is 19.2 Å². The number of nitrogens with one attached hydrogen (secondary N) is 3. The van der Waals surface area contributed by atoms with Gasteiger partial charge in [0.05, 0.1) is 12.5 Å². The average Bonchev–Trinajstić information content (AvgIpc) is 2.61. The van der Waals surface area contributed by atoms with E-state index < -0.39 is 53.8 Å². The Morgan fingerprint density at radius 1 is 0.900 bits per heavy atom. The highest BCUT2D eigenvalue weighted by Gasteiger charge is 2.32. The van der Waals surface area contributed by atoms with Crippen LogP contribution in [0.3, 0.4) is 0 Å². The van der Waals surface area contributed by atoms with E-state index in [1.165, 1.54) is 0 Å². The molecule has 0 aromatic rings. The molecule has 172 valence electrons. The van der Waals surface area contributed by atoms with Gasteiger partial charge in [-0.15, -0.1) is 0 Å². The summed E-state index contributed by atoms with van der Waals surface area (Å²) in [6.07, 6.45) is -0.124. The van der Waals surface area contributed by atoms with E-state index in [1.807, 2.05) is 13.8 Å². The maximum atomic E-state index is 12.8. The van der Waals surface area contributed by atoms with E-state index in [0.29, 0.717) is 0 Å². The monoisotopic (exact) mass is 447 g/mol. The summed E-state index contributed by atoms with van der Waals surface area (Å²) in [6, 6.07) is -4.46. The van der Waals surface area contributed by atoms with Gasteiger partial charge in [-0.2, -0.15) is 12.6 Å². The number of rotatable bonds is 13. The van der Waals surface area contributed by atoms with Crippen LogP contribution in [0.15, 0.2) is 0 Å². The van der Waals surface area contributed by atoms with Gasteiger partial charge in [0.2, 0.25) is 23.6 Å². The minimum atomic E-state index is -1.25. The van der Waals surface area contributed by atoms with E-state index in [2.05, 4.69) is 28.6 Å². The first-order valence-electron chi connectivity index (χ1n) is 9.58. The van der Waals surface area contributed by atoms with Crippen molar-refractivity contribution in [2.24, 2.45) is 23.3 Å². The van der Waals surface area contributed by atoms with Gasteiger partial charge in [0.25, 0.3) is 0 Å². The fraction of sp³-hybridized carbons (Fsp3) is 0.722. The fourth-order valence-corrected chi connectivity index (χ4v) is 2.77. The van der Waals surface area contributed by atoms with E-state index in [-0.39, 0.29) is 30.4 Å². The molecule has 4 amide bonds. The SMILES string of the molecule is CC(C)CC(NC(=O)C(N)CC(N)=O)C(=O)NC(C(=O)NC(CS)C(=O)O)C(C)C. The molecule has 30 heavy (non-hydrogen) atoms. The minimum Gasteiger partial charge on any atom is -0.480 e. The number of hydrogen-bond acceptors (Lipinski definition) is 7. The molecule has 0 fully saturated rings. The number of hydrogen-bond donors (Lipinski definition) is 7. The van der Waals surface area contributed by atoms with E-state index in [0.717, 1.165) is 0 Å². The van der Waals surface area contributed by atoms with Gasteiger partial charge in [-0.25, -0.2) is 4.79 Å². The zero-order chi connectivity index (χ0) is 23.6. The molecule has 12 heteroatoms. The van der Waals surface area contributed by atoms with E-state index in [9.17, 15) is 24.0 Å². The van der Waals surface area contributed by atoms with Gasteiger partial charge >= 0.3 is 5.97 Å². The molecule has 0 spiro atoms. The number of carbonyl (C=O) groups is 5. The molecule has 0 aliphatic carbocycles. The second-order valence-electron chi connectivity index (χ2n) is 7.78. The summed E-state index contributed by atoms with van der Waals surface area (Å²) in [6.45, 7) is 7.04. The topological polar surface area (TPSA) is 194 Å². The average molecular weight is 448 g/mol. The van der Waals surface area contributed by atoms with Crippen molar-refractivity contribution in [2.75, 3.05) is 5.75 Å². The first kappa shape index (κ1) is 27.7. The maximum Gasteiger partial charge on any atom is 0.327 e. The molecule has 4 unspecified atom stereocenters. The third-order valence-corrected chi connectivity index (χ3v) is 4.51. The van der Waals surface area contributed by atoms with Crippen LogP contribution in [0.2, 0.25) is 0 Å². The number of amides is 4. The number of carboxylic acids is 1. The van der Waals surface area contributed by atoms with Gasteiger partial charge in [0, 0.05) is 5.75 Å². The van der Waals surface area contributed by atoms with Crippen molar-refractivity contribution in [1.82, 2.24) is 16.0 Å². The van der Waals surface area contributed by atoms with Crippen LogP contribution in [-0.4, -0.2) is 64.6 Å². The zero-order valence-electron chi connectivity index (χ0n) is 17.7. The van der Waals surface area contributed by atoms with Crippen LogP contribution < -0.4 is 27.4 Å². The maximum absolute atomic E-state index is 12.8. The van der Waals surface area contributed by atoms with Crippen LogP contribution >= 0.6 is 12.6 Å². The first-order valence-corrected chi connectivity index (χ1v) is 10.2. The van der Waals surface area contributed by atoms with Crippen molar-refractivity contribution in [1.29, 1.82) is 0 Å². The number of aliphatic carboxylic acids is 1. The molecule has 8 N–H and O–H groups in total. The molecule has 11 nitrogen and oxygen atoms in total. The number of carbonyl (C=O) groups excluding carboxylic acids is 4. The Hall–Kier alpha value is -2.34. The number of nitrogens with two attached hydrogens (primary N) is 2. The lowest BCUT2D eigenvalue weighted by molar-refractivity contribution is -0.142. The normalized spacial score (nSPS) is 15.1. The predicted octanol–water partition coefficient (Wildman–Crippen LogP) is -1.64. The molecule has 0 saturated heterocycles. The Kier molecular flexibility index (Phi) is 12.0. The van der Waals surface area contributed by atoms with Crippen molar-refractivity contribution < 1.29 is 29.1 Å². The highest BCUT2D eigenvalue weighted by molar-refractivity contribution is 7.80. The van der Waals surface area contributed by atoms with E-state index in [1.54, 1.807) is 13.8 Å². The smallest absolute Gasteiger partial charge is 0.327 e. The van der Waals surface area contributed by atoms with Crippen LogP contribution in [0.5, 0.6) is 0 Å². The molecule has 0 aliphatic heterocycles. The molecular weight excluding hydrogens is 414 g/mol.